The van der Waals surface area contributed by atoms with Crippen molar-refractivity contribution in [1.29, 1.82) is 0 Å². The van der Waals surface area contributed by atoms with Crippen molar-refractivity contribution in [3.05, 3.63) is 24.3 Å². The smallest absolute Gasteiger partial charge is 0.305 e. The highest BCUT2D eigenvalue weighted by Gasteiger charge is 2.02. The summed E-state index contributed by atoms with van der Waals surface area (Å²) in [6.07, 6.45) is 45.1. The zero-order valence-electron chi connectivity index (χ0n) is 28.0. The fourth-order valence-corrected chi connectivity index (χ4v) is 5.18. The van der Waals surface area contributed by atoms with E-state index in [0.717, 1.165) is 25.9 Å². The highest BCUT2D eigenvalue weighted by molar-refractivity contribution is 5.69. The summed E-state index contributed by atoms with van der Waals surface area (Å²) in [6.45, 7) is 6.27. The van der Waals surface area contributed by atoms with Crippen molar-refractivity contribution in [2.45, 2.75) is 194 Å². The third-order valence-corrected chi connectivity index (χ3v) is 7.93. The van der Waals surface area contributed by atoms with Gasteiger partial charge in [0.2, 0.25) is 0 Å². The second-order valence-electron chi connectivity index (χ2n) is 12.1. The molecule has 0 fully saturated rings. The Morgan fingerprint density at radius 2 is 0.780 bits per heavy atom. The van der Waals surface area contributed by atoms with E-state index in [1.165, 1.54) is 154 Å². The van der Waals surface area contributed by atoms with E-state index in [1.807, 2.05) is 0 Å². The highest BCUT2D eigenvalue weighted by Crippen LogP contribution is 2.12. The van der Waals surface area contributed by atoms with Gasteiger partial charge in [0.05, 0.1) is 6.61 Å². The largest absolute Gasteiger partial charge is 0.463 e. The summed E-state index contributed by atoms with van der Waals surface area (Å²) < 4.78 is 11.0. The molecule has 242 valence electrons. The van der Waals surface area contributed by atoms with Gasteiger partial charge in [0.1, 0.15) is 6.61 Å². The predicted molar refractivity (Wildman–Crippen MR) is 181 cm³/mol. The first-order chi connectivity index (χ1) is 20.3. The molecule has 0 aromatic rings. The highest BCUT2D eigenvalue weighted by atomic mass is 16.6. The number of allylic oxidation sites excluding steroid dienone is 4. The quantitative estimate of drug-likeness (QED) is 0.0434. The average molecular weight is 577 g/mol. The van der Waals surface area contributed by atoms with Crippen molar-refractivity contribution in [1.82, 2.24) is 0 Å². The molecule has 0 aromatic carbocycles. The first-order valence-electron chi connectivity index (χ1n) is 18.3. The molecule has 0 saturated carbocycles. The molecule has 0 saturated heterocycles. The Balaban J connectivity index is 3.21. The number of ether oxygens (including phenoxy) is 2. The first-order valence-corrected chi connectivity index (χ1v) is 18.3. The maximum absolute atomic E-state index is 11.9. The van der Waals surface area contributed by atoms with Gasteiger partial charge in [0.15, 0.2) is 0 Å². The number of carbonyl (C=O) groups excluding carboxylic acids is 1. The second-order valence-corrected chi connectivity index (χ2v) is 12.1. The van der Waals surface area contributed by atoms with Crippen LogP contribution in [0.3, 0.4) is 0 Å². The minimum atomic E-state index is -0.0662. The molecule has 0 aliphatic carbocycles. The standard InChI is InChI=1S/C38H72O3/c1-3-5-7-9-11-13-15-17-19-21-23-25-27-29-31-33-35-40-36-37-41-38(39)34-32-30-28-26-24-22-20-18-16-14-12-10-8-6-4-2/h17-20H,3-16,21-37H2,1-2H3. The molecule has 41 heavy (non-hydrogen) atoms. The molecule has 0 rings (SSSR count). The lowest BCUT2D eigenvalue weighted by Gasteiger charge is -2.06. The van der Waals surface area contributed by atoms with Gasteiger partial charge in [-0.3, -0.25) is 4.79 Å². The van der Waals surface area contributed by atoms with Crippen molar-refractivity contribution in [2.75, 3.05) is 19.8 Å². The number of unbranched alkanes of at least 4 members (excludes halogenated alkanes) is 23. The molecular weight excluding hydrogens is 504 g/mol. The molecule has 0 spiro atoms. The van der Waals surface area contributed by atoms with Crippen LogP contribution in [0.15, 0.2) is 24.3 Å². The summed E-state index contributed by atoms with van der Waals surface area (Å²) in [7, 11) is 0. The normalized spacial score (nSPS) is 11.8. The SMILES string of the molecule is CCCCCCCCC=CCCCCCCCCOCCOC(=O)CCCCCCCC=CCCCCCCCC. The van der Waals surface area contributed by atoms with Crippen molar-refractivity contribution in [2.24, 2.45) is 0 Å². The summed E-state index contributed by atoms with van der Waals surface area (Å²) in [5.41, 5.74) is 0. The van der Waals surface area contributed by atoms with Crippen LogP contribution < -0.4 is 0 Å². The van der Waals surface area contributed by atoms with E-state index in [9.17, 15) is 4.79 Å². The van der Waals surface area contributed by atoms with Gasteiger partial charge in [0.25, 0.3) is 0 Å². The van der Waals surface area contributed by atoms with Crippen LogP contribution in [0.1, 0.15) is 194 Å². The fourth-order valence-electron chi connectivity index (χ4n) is 5.18. The Morgan fingerprint density at radius 3 is 1.22 bits per heavy atom. The van der Waals surface area contributed by atoms with Crippen LogP contribution in [0.2, 0.25) is 0 Å². The van der Waals surface area contributed by atoms with E-state index < -0.39 is 0 Å². The topological polar surface area (TPSA) is 35.5 Å². The lowest BCUT2D eigenvalue weighted by Crippen LogP contribution is -2.10. The third-order valence-electron chi connectivity index (χ3n) is 7.93. The molecule has 0 aromatic heterocycles. The molecule has 0 aliphatic rings. The van der Waals surface area contributed by atoms with Gasteiger partial charge in [-0.25, -0.2) is 0 Å². The molecule has 0 atom stereocenters. The van der Waals surface area contributed by atoms with E-state index in [0.29, 0.717) is 19.6 Å². The van der Waals surface area contributed by atoms with Gasteiger partial charge in [-0.05, 0) is 64.2 Å². The van der Waals surface area contributed by atoms with Gasteiger partial charge >= 0.3 is 5.97 Å². The van der Waals surface area contributed by atoms with Crippen LogP contribution in [-0.2, 0) is 14.3 Å². The van der Waals surface area contributed by atoms with Crippen molar-refractivity contribution in [3.63, 3.8) is 0 Å². The van der Waals surface area contributed by atoms with Crippen LogP contribution in [0.4, 0.5) is 0 Å². The molecule has 0 unspecified atom stereocenters. The molecular formula is C38H72O3. The van der Waals surface area contributed by atoms with Crippen LogP contribution in [-0.4, -0.2) is 25.8 Å². The number of hydrogen-bond donors (Lipinski definition) is 0. The molecule has 3 nitrogen and oxygen atoms in total. The Bertz CT molecular complexity index is 554. The van der Waals surface area contributed by atoms with Gasteiger partial charge in [-0.2, -0.15) is 0 Å². The maximum atomic E-state index is 11.9. The molecule has 0 aliphatic heterocycles. The summed E-state index contributed by atoms with van der Waals surface area (Å²) in [4.78, 5) is 11.9. The number of rotatable bonds is 34. The second kappa shape index (κ2) is 36.9. The minimum absolute atomic E-state index is 0.0662. The lowest BCUT2D eigenvalue weighted by atomic mass is 10.1. The molecule has 0 N–H and O–H groups in total. The zero-order valence-corrected chi connectivity index (χ0v) is 28.0. The van der Waals surface area contributed by atoms with Crippen molar-refractivity contribution in [3.8, 4) is 0 Å². The molecule has 0 radical (unpaired) electrons. The summed E-state index contributed by atoms with van der Waals surface area (Å²) in [6, 6.07) is 0. The fraction of sp³-hybridized carbons (Fsp3) is 0.868. The number of hydrogen-bond acceptors (Lipinski definition) is 3. The van der Waals surface area contributed by atoms with E-state index in [4.69, 9.17) is 9.47 Å². The average Bonchev–Trinajstić information content (AvgIpc) is 2.98. The van der Waals surface area contributed by atoms with Crippen molar-refractivity contribution < 1.29 is 14.3 Å². The summed E-state index contributed by atoms with van der Waals surface area (Å²) >= 11 is 0. The molecule has 0 amide bonds. The lowest BCUT2D eigenvalue weighted by molar-refractivity contribution is -0.145. The van der Waals surface area contributed by atoms with E-state index in [2.05, 4.69) is 38.2 Å². The Kier molecular flexibility index (Phi) is 36.0. The van der Waals surface area contributed by atoms with Crippen LogP contribution >= 0.6 is 0 Å². The molecule has 0 heterocycles. The Morgan fingerprint density at radius 1 is 0.415 bits per heavy atom. The Hall–Kier alpha value is -1.09. The van der Waals surface area contributed by atoms with Gasteiger partial charge in [-0.15, -0.1) is 0 Å². The third kappa shape index (κ3) is 36.9. The maximum Gasteiger partial charge on any atom is 0.305 e. The zero-order chi connectivity index (χ0) is 29.7. The van der Waals surface area contributed by atoms with Crippen LogP contribution in [0, 0.1) is 0 Å². The van der Waals surface area contributed by atoms with Crippen LogP contribution in [0.25, 0.3) is 0 Å². The molecule has 3 heteroatoms. The molecule has 0 bridgehead atoms. The minimum Gasteiger partial charge on any atom is -0.463 e. The van der Waals surface area contributed by atoms with Crippen LogP contribution in [0.5, 0.6) is 0 Å². The summed E-state index contributed by atoms with van der Waals surface area (Å²) in [5, 5.41) is 0. The van der Waals surface area contributed by atoms with Gasteiger partial charge in [0, 0.05) is 13.0 Å². The Labute approximate surface area is 257 Å². The number of carbonyl (C=O) groups is 1. The van der Waals surface area contributed by atoms with E-state index in [1.54, 1.807) is 0 Å². The van der Waals surface area contributed by atoms with Gasteiger partial charge in [-0.1, -0.05) is 147 Å². The van der Waals surface area contributed by atoms with Crippen molar-refractivity contribution >= 4 is 5.97 Å². The summed E-state index contributed by atoms with van der Waals surface area (Å²) in [5.74, 6) is -0.0662. The monoisotopic (exact) mass is 577 g/mol. The first kappa shape index (κ1) is 39.9. The number of esters is 1. The van der Waals surface area contributed by atoms with E-state index in [-0.39, 0.29) is 5.97 Å². The van der Waals surface area contributed by atoms with E-state index >= 15 is 0 Å². The van der Waals surface area contributed by atoms with Gasteiger partial charge < -0.3 is 9.47 Å². The predicted octanol–water partition coefficient (Wildman–Crippen LogP) is 12.6.